The van der Waals surface area contributed by atoms with Gasteiger partial charge in [-0.2, -0.15) is 0 Å². The van der Waals surface area contributed by atoms with Crippen molar-refractivity contribution in [3.8, 4) is 0 Å². The zero-order valence-corrected chi connectivity index (χ0v) is 13.7. The quantitative estimate of drug-likeness (QED) is 0.628. The maximum Gasteiger partial charge on any atom is 0.175 e. The summed E-state index contributed by atoms with van der Waals surface area (Å²) >= 11 is 28.8. The van der Waals surface area contributed by atoms with Crippen molar-refractivity contribution in [3.63, 3.8) is 0 Å². The van der Waals surface area contributed by atoms with Crippen molar-refractivity contribution < 1.29 is 0 Å². The van der Waals surface area contributed by atoms with Gasteiger partial charge in [-0.3, -0.25) is 0 Å². The number of halogens is 4. The van der Waals surface area contributed by atoms with Crippen LogP contribution in [0.2, 0.25) is 20.1 Å². The van der Waals surface area contributed by atoms with Gasteiger partial charge in [-0.05, 0) is 48.6 Å². The molecule has 0 aliphatic rings. The van der Waals surface area contributed by atoms with Crippen LogP contribution in [0, 0.1) is 0 Å². The Morgan fingerprint density at radius 1 is 0.750 bits per heavy atom. The number of hydrogen-bond donors (Lipinski definition) is 2. The molecule has 0 aliphatic carbocycles. The maximum absolute atomic E-state index is 5.93. The summed E-state index contributed by atoms with van der Waals surface area (Å²) < 4.78 is 0. The van der Waals surface area contributed by atoms with Crippen LogP contribution in [0.15, 0.2) is 36.4 Å². The number of thiocarbonyl (C=S) groups is 1. The molecule has 0 saturated heterocycles. The summed E-state index contributed by atoms with van der Waals surface area (Å²) in [5, 5.41) is 8.34. The Balaban J connectivity index is 2.06. The molecule has 104 valence electrons. The van der Waals surface area contributed by atoms with Gasteiger partial charge in [-0.25, -0.2) is 0 Å². The Morgan fingerprint density at radius 3 is 1.95 bits per heavy atom. The predicted molar refractivity (Wildman–Crippen MR) is 92.8 cm³/mol. The van der Waals surface area contributed by atoms with Crippen molar-refractivity contribution >= 4 is 75.1 Å². The third-order valence-corrected chi connectivity index (χ3v) is 3.68. The molecule has 0 radical (unpaired) electrons. The molecule has 2 N–H and O–H groups in total. The standard InChI is InChI=1S/C13H8Cl4N2S/c14-7-3-8(15)5-10(4-7)19-13(20)18-9-1-2-11(16)12(17)6-9/h1-6H,(H2,18,19,20). The first kappa shape index (κ1) is 15.7. The van der Waals surface area contributed by atoms with Crippen molar-refractivity contribution in [1.82, 2.24) is 0 Å². The van der Waals surface area contributed by atoms with Crippen molar-refractivity contribution in [2.45, 2.75) is 0 Å². The summed E-state index contributed by atoms with van der Waals surface area (Å²) in [4.78, 5) is 0. The summed E-state index contributed by atoms with van der Waals surface area (Å²) in [6, 6.07) is 10.2. The van der Waals surface area contributed by atoms with Crippen LogP contribution in [-0.2, 0) is 0 Å². The molecule has 20 heavy (non-hydrogen) atoms. The lowest BCUT2D eigenvalue weighted by atomic mass is 10.3. The molecular formula is C13H8Cl4N2S. The van der Waals surface area contributed by atoms with Crippen LogP contribution in [0.4, 0.5) is 11.4 Å². The first-order chi connectivity index (χ1) is 9.44. The molecule has 2 rings (SSSR count). The van der Waals surface area contributed by atoms with Gasteiger partial charge in [0.15, 0.2) is 5.11 Å². The lowest BCUT2D eigenvalue weighted by Crippen LogP contribution is -2.19. The Hall–Kier alpha value is -0.710. The highest BCUT2D eigenvalue weighted by molar-refractivity contribution is 7.80. The minimum atomic E-state index is 0.390. The molecule has 0 fully saturated rings. The molecule has 0 saturated carbocycles. The van der Waals surface area contributed by atoms with Crippen molar-refractivity contribution in [2.24, 2.45) is 0 Å². The minimum absolute atomic E-state index is 0.390. The van der Waals surface area contributed by atoms with E-state index in [0.29, 0.717) is 30.9 Å². The summed E-state index contributed by atoms with van der Waals surface area (Å²) in [5.41, 5.74) is 1.42. The molecule has 2 aromatic carbocycles. The first-order valence-corrected chi connectivity index (χ1v) is 7.35. The van der Waals surface area contributed by atoms with Crippen molar-refractivity contribution in [2.75, 3.05) is 10.6 Å². The molecule has 2 nitrogen and oxygen atoms in total. The topological polar surface area (TPSA) is 24.1 Å². The lowest BCUT2D eigenvalue weighted by molar-refractivity contribution is 1.59. The van der Waals surface area contributed by atoms with Crippen molar-refractivity contribution in [1.29, 1.82) is 0 Å². The monoisotopic (exact) mass is 364 g/mol. The molecule has 0 heterocycles. The van der Waals surface area contributed by atoms with Crippen LogP contribution in [0.1, 0.15) is 0 Å². The molecule has 7 heteroatoms. The maximum atomic E-state index is 5.93. The zero-order chi connectivity index (χ0) is 14.7. The Labute approximate surface area is 142 Å². The molecule has 0 bridgehead atoms. The fourth-order valence-electron chi connectivity index (χ4n) is 1.49. The fraction of sp³-hybridized carbons (Fsp3) is 0. The minimum Gasteiger partial charge on any atom is -0.332 e. The highest BCUT2D eigenvalue weighted by Crippen LogP contribution is 2.26. The molecule has 0 aliphatic heterocycles. The summed E-state index contributed by atoms with van der Waals surface area (Å²) in [6.45, 7) is 0. The van der Waals surface area contributed by atoms with Gasteiger partial charge in [0, 0.05) is 21.4 Å². The normalized spacial score (nSPS) is 10.2. The van der Waals surface area contributed by atoms with Gasteiger partial charge in [0.25, 0.3) is 0 Å². The van der Waals surface area contributed by atoms with Crippen LogP contribution < -0.4 is 10.6 Å². The number of benzene rings is 2. The summed E-state index contributed by atoms with van der Waals surface area (Å²) in [7, 11) is 0. The fourth-order valence-corrected chi connectivity index (χ4v) is 2.55. The SMILES string of the molecule is S=C(Nc1cc(Cl)cc(Cl)c1)Nc1ccc(Cl)c(Cl)c1. The number of anilines is 2. The largest absolute Gasteiger partial charge is 0.332 e. The smallest absolute Gasteiger partial charge is 0.175 e. The molecule has 0 spiro atoms. The van der Waals surface area contributed by atoms with Crippen LogP contribution in [0.25, 0.3) is 0 Å². The van der Waals surface area contributed by atoms with Gasteiger partial charge < -0.3 is 10.6 Å². The Morgan fingerprint density at radius 2 is 1.35 bits per heavy atom. The van der Waals surface area contributed by atoms with E-state index in [2.05, 4.69) is 10.6 Å². The molecule has 0 atom stereocenters. The lowest BCUT2D eigenvalue weighted by Gasteiger charge is -2.11. The van der Waals surface area contributed by atoms with Crippen LogP contribution in [0.5, 0.6) is 0 Å². The van der Waals surface area contributed by atoms with E-state index >= 15 is 0 Å². The predicted octanol–water partition coefficient (Wildman–Crippen LogP) is 6.11. The van der Waals surface area contributed by atoms with E-state index in [1.165, 1.54) is 0 Å². The second-order valence-corrected chi connectivity index (χ2v) is 5.96. The molecule has 2 aromatic rings. The van der Waals surface area contributed by atoms with Gasteiger partial charge in [0.2, 0.25) is 0 Å². The van der Waals surface area contributed by atoms with E-state index < -0.39 is 0 Å². The van der Waals surface area contributed by atoms with E-state index in [4.69, 9.17) is 58.6 Å². The van der Waals surface area contributed by atoms with Gasteiger partial charge in [-0.15, -0.1) is 0 Å². The molecular weight excluding hydrogens is 358 g/mol. The van der Waals surface area contributed by atoms with Crippen molar-refractivity contribution in [3.05, 3.63) is 56.5 Å². The average molecular weight is 366 g/mol. The van der Waals surface area contributed by atoms with E-state index in [0.717, 1.165) is 5.69 Å². The van der Waals surface area contributed by atoms with Crippen LogP contribution in [-0.4, -0.2) is 5.11 Å². The van der Waals surface area contributed by atoms with Gasteiger partial charge in [0.05, 0.1) is 10.0 Å². The van der Waals surface area contributed by atoms with E-state index in [9.17, 15) is 0 Å². The van der Waals surface area contributed by atoms with Crippen LogP contribution in [0.3, 0.4) is 0 Å². The second kappa shape index (κ2) is 6.83. The van der Waals surface area contributed by atoms with Gasteiger partial charge in [0.1, 0.15) is 0 Å². The van der Waals surface area contributed by atoms with Gasteiger partial charge >= 0.3 is 0 Å². The van der Waals surface area contributed by atoms with Crippen LogP contribution >= 0.6 is 58.6 Å². The Bertz CT molecular complexity index is 641. The van der Waals surface area contributed by atoms with E-state index in [1.807, 2.05) is 0 Å². The zero-order valence-electron chi connectivity index (χ0n) is 9.88. The number of hydrogen-bond acceptors (Lipinski definition) is 1. The third-order valence-electron chi connectivity index (χ3n) is 2.30. The summed E-state index contributed by atoms with van der Waals surface area (Å²) in [6.07, 6.45) is 0. The molecule has 0 unspecified atom stereocenters. The third kappa shape index (κ3) is 4.40. The molecule has 0 aromatic heterocycles. The van der Waals surface area contributed by atoms with E-state index in [-0.39, 0.29) is 0 Å². The Kier molecular flexibility index (Phi) is 5.35. The molecule has 0 amide bonds. The number of rotatable bonds is 2. The average Bonchev–Trinajstić information content (AvgIpc) is 2.32. The second-order valence-electron chi connectivity index (χ2n) is 3.87. The summed E-state index contributed by atoms with van der Waals surface area (Å²) in [5.74, 6) is 0. The highest BCUT2D eigenvalue weighted by atomic mass is 35.5. The number of nitrogens with one attached hydrogen (secondary N) is 2. The highest BCUT2D eigenvalue weighted by Gasteiger charge is 2.03. The van der Waals surface area contributed by atoms with Gasteiger partial charge in [-0.1, -0.05) is 46.4 Å². The first-order valence-electron chi connectivity index (χ1n) is 5.43. The van der Waals surface area contributed by atoms with E-state index in [1.54, 1.807) is 36.4 Å².